The van der Waals surface area contributed by atoms with Crippen molar-refractivity contribution < 1.29 is 22.7 Å². The zero-order valence-electron chi connectivity index (χ0n) is 15.5. The molecule has 1 aromatic carbocycles. The maximum atomic E-state index is 12.1. The number of anilines is 1. The summed E-state index contributed by atoms with van der Waals surface area (Å²) in [7, 11) is -2.29. The zero-order chi connectivity index (χ0) is 20.9. The Bertz CT molecular complexity index is 954. The number of ether oxygens (including phenoxy) is 1. The Morgan fingerprint density at radius 2 is 1.82 bits per heavy atom. The standard InChI is InChI=1S/C17H21BrN4O5S/c1-11(2)27-14-6-4-13(5-7-14)21-28(25,26)10-16(23)19-20-17(24)15-8-12(18)9-22(15)3/h4-9,11,21H,10H2,1-3H3,(H,19,23)(H,20,24). The Labute approximate surface area is 171 Å². The Kier molecular flexibility index (Phi) is 7.08. The number of carbonyl (C=O) groups excluding carboxylic acids is 2. The Hall–Kier alpha value is -2.53. The monoisotopic (exact) mass is 472 g/mol. The molecular formula is C17H21BrN4O5S. The van der Waals surface area contributed by atoms with Crippen molar-refractivity contribution in [1.29, 1.82) is 0 Å². The number of aryl methyl sites for hydroxylation is 1. The highest BCUT2D eigenvalue weighted by molar-refractivity contribution is 9.10. The van der Waals surface area contributed by atoms with Gasteiger partial charge in [0.2, 0.25) is 10.0 Å². The van der Waals surface area contributed by atoms with Gasteiger partial charge in [-0.2, -0.15) is 0 Å². The molecule has 3 N–H and O–H groups in total. The SMILES string of the molecule is CC(C)Oc1ccc(NS(=O)(=O)CC(=O)NNC(=O)c2cc(Br)cn2C)cc1. The summed E-state index contributed by atoms with van der Waals surface area (Å²) in [5, 5.41) is 0. The third-order valence-electron chi connectivity index (χ3n) is 3.34. The van der Waals surface area contributed by atoms with E-state index in [9.17, 15) is 18.0 Å². The van der Waals surface area contributed by atoms with E-state index in [-0.39, 0.29) is 11.8 Å². The molecule has 0 spiro atoms. The summed E-state index contributed by atoms with van der Waals surface area (Å²) in [4.78, 5) is 23.9. The molecule has 0 bridgehead atoms. The van der Waals surface area contributed by atoms with Crippen LogP contribution < -0.4 is 20.3 Å². The first-order valence-corrected chi connectivity index (χ1v) is 10.7. The van der Waals surface area contributed by atoms with Gasteiger partial charge in [-0.3, -0.25) is 25.2 Å². The summed E-state index contributed by atoms with van der Waals surface area (Å²) < 4.78 is 34.3. The first-order chi connectivity index (χ1) is 13.1. The number of benzene rings is 1. The minimum atomic E-state index is -3.95. The molecular weight excluding hydrogens is 452 g/mol. The van der Waals surface area contributed by atoms with Gasteiger partial charge in [-0.05, 0) is 60.1 Å². The van der Waals surface area contributed by atoms with Crippen molar-refractivity contribution in [1.82, 2.24) is 15.4 Å². The van der Waals surface area contributed by atoms with Crippen LogP contribution in [0.15, 0.2) is 41.0 Å². The quantitative estimate of drug-likeness (QED) is 0.530. The first kappa shape index (κ1) is 21.8. The van der Waals surface area contributed by atoms with Gasteiger partial charge in [0.1, 0.15) is 17.2 Å². The number of halogens is 1. The molecule has 11 heteroatoms. The average Bonchev–Trinajstić information content (AvgIpc) is 2.92. The number of sulfonamides is 1. The van der Waals surface area contributed by atoms with Crippen molar-refractivity contribution in [2.75, 3.05) is 10.5 Å². The Morgan fingerprint density at radius 1 is 1.18 bits per heavy atom. The predicted molar refractivity (Wildman–Crippen MR) is 108 cm³/mol. The molecule has 1 aromatic heterocycles. The predicted octanol–water partition coefficient (Wildman–Crippen LogP) is 1.78. The smallest absolute Gasteiger partial charge is 0.286 e. The highest BCUT2D eigenvalue weighted by Gasteiger charge is 2.18. The summed E-state index contributed by atoms with van der Waals surface area (Å²) in [5.74, 6) is -1.71. The largest absolute Gasteiger partial charge is 0.491 e. The molecule has 0 aliphatic carbocycles. The minimum absolute atomic E-state index is 0.00174. The van der Waals surface area contributed by atoms with Crippen LogP contribution in [0.3, 0.4) is 0 Å². The second kappa shape index (κ2) is 9.11. The lowest BCUT2D eigenvalue weighted by atomic mass is 10.3. The normalized spacial score (nSPS) is 11.2. The maximum Gasteiger partial charge on any atom is 0.286 e. The number of carbonyl (C=O) groups is 2. The number of rotatable bonds is 7. The third kappa shape index (κ3) is 6.57. The van der Waals surface area contributed by atoms with Gasteiger partial charge in [-0.15, -0.1) is 0 Å². The van der Waals surface area contributed by atoms with Crippen LogP contribution in [0.4, 0.5) is 5.69 Å². The number of amides is 2. The molecule has 0 radical (unpaired) electrons. The molecule has 2 amide bonds. The lowest BCUT2D eigenvalue weighted by Crippen LogP contribution is -2.45. The molecule has 0 saturated heterocycles. The van der Waals surface area contributed by atoms with Crippen LogP contribution in [0, 0.1) is 0 Å². The fraction of sp³-hybridized carbons (Fsp3) is 0.294. The number of nitrogens with one attached hydrogen (secondary N) is 3. The van der Waals surface area contributed by atoms with Crippen molar-refractivity contribution in [2.45, 2.75) is 20.0 Å². The number of aromatic nitrogens is 1. The lowest BCUT2D eigenvalue weighted by molar-refractivity contribution is -0.119. The fourth-order valence-electron chi connectivity index (χ4n) is 2.24. The molecule has 9 nitrogen and oxygen atoms in total. The topological polar surface area (TPSA) is 119 Å². The van der Waals surface area contributed by atoms with E-state index in [0.29, 0.717) is 15.9 Å². The molecule has 0 atom stereocenters. The van der Waals surface area contributed by atoms with Crippen molar-refractivity contribution >= 4 is 43.5 Å². The van der Waals surface area contributed by atoms with Crippen LogP contribution in [0.25, 0.3) is 0 Å². The van der Waals surface area contributed by atoms with Crippen molar-refractivity contribution in [2.24, 2.45) is 7.05 Å². The lowest BCUT2D eigenvalue weighted by Gasteiger charge is -2.12. The molecule has 0 fully saturated rings. The van der Waals surface area contributed by atoms with Gasteiger partial charge in [0.25, 0.3) is 11.8 Å². The van der Waals surface area contributed by atoms with E-state index in [1.54, 1.807) is 36.0 Å². The number of hydrogen-bond donors (Lipinski definition) is 3. The van der Waals surface area contributed by atoms with Crippen molar-refractivity contribution in [3.63, 3.8) is 0 Å². The first-order valence-electron chi connectivity index (χ1n) is 8.24. The van der Waals surface area contributed by atoms with Gasteiger partial charge < -0.3 is 9.30 Å². The highest BCUT2D eigenvalue weighted by Crippen LogP contribution is 2.18. The fourth-order valence-corrected chi connectivity index (χ4v) is 3.75. The van der Waals surface area contributed by atoms with Gasteiger partial charge >= 0.3 is 0 Å². The molecule has 0 aliphatic heterocycles. The van der Waals surface area contributed by atoms with E-state index in [1.165, 1.54) is 12.1 Å². The number of nitrogens with zero attached hydrogens (tertiary/aromatic N) is 1. The van der Waals surface area contributed by atoms with Gasteiger partial charge in [0.05, 0.1) is 6.10 Å². The van der Waals surface area contributed by atoms with Crippen LogP contribution in [-0.2, 0) is 21.9 Å². The van der Waals surface area contributed by atoms with Crippen LogP contribution in [-0.4, -0.2) is 36.7 Å². The minimum Gasteiger partial charge on any atom is -0.491 e. The average molecular weight is 473 g/mol. The highest BCUT2D eigenvalue weighted by atomic mass is 79.9. The van der Waals surface area contributed by atoms with E-state index < -0.39 is 27.6 Å². The van der Waals surface area contributed by atoms with Crippen molar-refractivity contribution in [3.8, 4) is 5.75 Å². The van der Waals surface area contributed by atoms with Gasteiger partial charge in [-0.1, -0.05) is 0 Å². The summed E-state index contributed by atoms with van der Waals surface area (Å²) >= 11 is 3.23. The molecule has 1 heterocycles. The molecule has 2 rings (SSSR count). The van der Waals surface area contributed by atoms with Crippen LogP contribution in [0.2, 0.25) is 0 Å². The Morgan fingerprint density at radius 3 is 2.36 bits per heavy atom. The van der Waals surface area contributed by atoms with Crippen LogP contribution in [0.1, 0.15) is 24.3 Å². The van der Waals surface area contributed by atoms with Crippen molar-refractivity contribution in [3.05, 3.63) is 46.7 Å². The number of hydrogen-bond acceptors (Lipinski definition) is 5. The van der Waals surface area contributed by atoms with Crippen LogP contribution >= 0.6 is 15.9 Å². The molecule has 0 aliphatic rings. The molecule has 0 unspecified atom stereocenters. The van der Waals surface area contributed by atoms with Gasteiger partial charge in [0.15, 0.2) is 0 Å². The number of hydrazine groups is 1. The third-order valence-corrected chi connectivity index (χ3v) is 4.96. The van der Waals surface area contributed by atoms with Gasteiger partial charge in [-0.25, -0.2) is 8.42 Å². The summed E-state index contributed by atoms with van der Waals surface area (Å²) in [6, 6.07) is 7.86. The summed E-state index contributed by atoms with van der Waals surface area (Å²) in [6.45, 7) is 3.76. The van der Waals surface area contributed by atoms with E-state index in [4.69, 9.17) is 4.74 Å². The zero-order valence-corrected chi connectivity index (χ0v) is 17.9. The van der Waals surface area contributed by atoms with E-state index in [0.717, 1.165) is 0 Å². The van der Waals surface area contributed by atoms with E-state index in [1.807, 2.05) is 13.8 Å². The van der Waals surface area contributed by atoms with Crippen LogP contribution in [0.5, 0.6) is 5.75 Å². The Balaban J connectivity index is 1.88. The molecule has 28 heavy (non-hydrogen) atoms. The maximum absolute atomic E-state index is 12.1. The molecule has 0 saturated carbocycles. The van der Waals surface area contributed by atoms with E-state index in [2.05, 4.69) is 31.5 Å². The second-order valence-corrected chi connectivity index (χ2v) is 8.85. The second-order valence-electron chi connectivity index (χ2n) is 6.21. The molecule has 2 aromatic rings. The summed E-state index contributed by atoms with van der Waals surface area (Å²) in [5.41, 5.74) is 4.84. The summed E-state index contributed by atoms with van der Waals surface area (Å²) in [6.07, 6.45) is 1.67. The van der Waals surface area contributed by atoms with Gasteiger partial charge in [0, 0.05) is 23.4 Å². The molecule has 152 valence electrons. The van der Waals surface area contributed by atoms with E-state index >= 15 is 0 Å².